The number of halogens is 1. The summed E-state index contributed by atoms with van der Waals surface area (Å²) >= 11 is 6.15. The summed E-state index contributed by atoms with van der Waals surface area (Å²) in [5, 5.41) is 1.88. The van der Waals surface area contributed by atoms with Crippen molar-refractivity contribution in [3.63, 3.8) is 0 Å². The van der Waals surface area contributed by atoms with E-state index >= 15 is 0 Å². The van der Waals surface area contributed by atoms with E-state index in [1.54, 1.807) is 6.33 Å². The summed E-state index contributed by atoms with van der Waals surface area (Å²) < 4.78 is 0. The predicted octanol–water partition coefficient (Wildman–Crippen LogP) is 3.96. The smallest absolute Gasteiger partial charge is 0.142 e. The zero-order valence-electron chi connectivity index (χ0n) is 15.2. The summed E-state index contributed by atoms with van der Waals surface area (Å²) in [6.45, 7) is 5.40. The van der Waals surface area contributed by atoms with Gasteiger partial charge in [-0.2, -0.15) is 0 Å². The fraction of sp³-hybridized carbons (Fsp3) is 0.400. The maximum atomic E-state index is 6.15. The van der Waals surface area contributed by atoms with Crippen molar-refractivity contribution in [1.82, 2.24) is 19.9 Å². The second-order valence-electron chi connectivity index (χ2n) is 7.25. The Morgan fingerprint density at radius 3 is 3.04 bits per heavy atom. The number of likely N-dealkylation sites (N-methyl/N-ethyl adjacent to an activating group) is 1. The molecule has 1 saturated heterocycles. The van der Waals surface area contributed by atoms with Crippen LogP contribution in [-0.2, 0) is 6.54 Å². The molecule has 1 fully saturated rings. The highest BCUT2D eigenvalue weighted by molar-refractivity contribution is 6.30. The second kappa shape index (κ2) is 7.25. The van der Waals surface area contributed by atoms with Crippen molar-refractivity contribution in [3.8, 4) is 0 Å². The number of nitrogens with zero attached hydrogens (tertiary/aromatic N) is 4. The number of rotatable bonds is 4. The molecule has 0 amide bonds. The Balaban J connectivity index is 1.54. The second-order valence-corrected chi connectivity index (χ2v) is 7.68. The average molecular weight is 370 g/mol. The van der Waals surface area contributed by atoms with Gasteiger partial charge < -0.3 is 9.88 Å². The monoisotopic (exact) mass is 369 g/mol. The molecule has 5 nitrogen and oxygen atoms in total. The highest BCUT2D eigenvalue weighted by Crippen LogP contribution is 2.29. The molecule has 6 heteroatoms. The Bertz CT molecular complexity index is 893. The lowest BCUT2D eigenvalue weighted by molar-refractivity contribution is 0.159. The summed E-state index contributed by atoms with van der Waals surface area (Å²) in [4.78, 5) is 16.9. The minimum Gasteiger partial charge on any atom is -0.354 e. The van der Waals surface area contributed by atoms with Gasteiger partial charge >= 0.3 is 0 Å². The molecule has 3 heterocycles. The van der Waals surface area contributed by atoms with Crippen molar-refractivity contribution in [2.45, 2.75) is 25.9 Å². The molecule has 1 aromatic carbocycles. The molecule has 2 atom stereocenters. The Kier molecular flexibility index (Phi) is 4.83. The van der Waals surface area contributed by atoms with Crippen LogP contribution in [0.1, 0.15) is 18.9 Å². The van der Waals surface area contributed by atoms with E-state index in [1.807, 2.05) is 18.3 Å². The van der Waals surface area contributed by atoms with Crippen LogP contribution >= 0.6 is 11.6 Å². The number of aromatic nitrogens is 3. The van der Waals surface area contributed by atoms with Gasteiger partial charge in [0.1, 0.15) is 17.8 Å². The quantitative estimate of drug-likeness (QED) is 0.756. The Hall–Kier alpha value is -2.11. The van der Waals surface area contributed by atoms with Gasteiger partial charge in [0.2, 0.25) is 0 Å². The maximum Gasteiger partial charge on any atom is 0.142 e. The van der Waals surface area contributed by atoms with Gasteiger partial charge in [0.25, 0.3) is 0 Å². The molecule has 0 radical (unpaired) electrons. The molecule has 0 aliphatic carbocycles. The normalized spacial score (nSPS) is 21.2. The van der Waals surface area contributed by atoms with Gasteiger partial charge in [-0.05, 0) is 42.6 Å². The van der Waals surface area contributed by atoms with Gasteiger partial charge in [0.15, 0.2) is 0 Å². The van der Waals surface area contributed by atoms with Crippen LogP contribution in [0.3, 0.4) is 0 Å². The number of nitrogens with one attached hydrogen (secondary N) is 1. The van der Waals surface area contributed by atoms with Crippen LogP contribution in [0.2, 0.25) is 5.02 Å². The Labute approximate surface area is 159 Å². The van der Waals surface area contributed by atoms with Crippen molar-refractivity contribution in [2.24, 2.45) is 5.92 Å². The van der Waals surface area contributed by atoms with Crippen LogP contribution < -0.4 is 4.90 Å². The zero-order valence-corrected chi connectivity index (χ0v) is 15.9. The molecule has 4 rings (SSSR count). The maximum absolute atomic E-state index is 6.15. The first-order valence-electron chi connectivity index (χ1n) is 9.09. The number of benzene rings is 1. The average Bonchev–Trinajstić information content (AvgIpc) is 3.11. The molecular weight excluding hydrogens is 346 g/mol. The van der Waals surface area contributed by atoms with Crippen LogP contribution in [0.25, 0.3) is 11.0 Å². The summed E-state index contributed by atoms with van der Waals surface area (Å²) in [6.07, 6.45) is 4.74. The van der Waals surface area contributed by atoms with E-state index in [-0.39, 0.29) is 0 Å². The molecule has 0 spiro atoms. The predicted molar refractivity (Wildman–Crippen MR) is 107 cm³/mol. The molecule has 26 heavy (non-hydrogen) atoms. The molecule has 2 aromatic heterocycles. The van der Waals surface area contributed by atoms with E-state index in [9.17, 15) is 0 Å². The number of hydrogen-bond acceptors (Lipinski definition) is 4. The van der Waals surface area contributed by atoms with Crippen molar-refractivity contribution in [2.75, 3.05) is 25.0 Å². The SMILES string of the molecule is CC1CCN(Cc2cccc(Cl)c2)CC1N(C)c1ncnc2[nH]ccc12. The lowest BCUT2D eigenvalue weighted by Crippen LogP contribution is -2.50. The Morgan fingerprint density at radius 2 is 2.19 bits per heavy atom. The molecule has 0 saturated carbocycles. The number of likely N-dealkylation sites (tertiary alicyclic amines) is 1. The van der Waals surface area contributed by atoms with E-state index < -0.39 is 0 Å². The highest BCUT2D eigenvalue weighted by atomic mass is 35.5. The van der Waals surface area contributed by atoms with Gasteiger partial charge in [-0.15, -0.1) is 0 Å². The van der Waals surface area contributed by atoms with Crippen molar-refractivity contribution in [3.05, 3.63) is 53.4 Å². The van der Waals surface area contributed by atoms with E-state index in [0.717, 1.165) is 41.5 Å². The summed E-state index contributed by atoms with van der Waals surface area (Å²) in [7, 11) is 2.15. The van der Waals surface area contributed by atoms with E-state index in [1.165, 1.54) is 12.0 Å². The van der Waals surface area contributed by atoms with Crippen LogP contribution in [0.5, 0.6) is 0 Å². The fourth-order valence-electron chi connectivity index (χ4n) is 3.95. The lowest BCUT2D eigenvalue weighted by Gasteiger charge is -2.42. The van der Waals surface area contributed by atoms with Gasteiger partial charge in [-0.1, -0.05) is 30.7 Å². The number of hydrogen-bond donors (Lipinski definition) is 1. The third-order valence-corrected chi connectivity index (χ3v) is 5.70. The van der Waals surface area contributed by atoms with Crippen LogP contribution in [0.4, 0.5) is 5.82 Å². The molecule has 3 aromatic rings. The van der Waals surface area contributed by atoms with E-state index in [4.69, 9.17) is 11.6 Å². The van der Waals surface area contributed by atoms with Crippen molar-refractivity contribution < 1.29 is 0 Å². The van der Waals surface area contributed by atoms with Crippen LogP contribution in [-0.4, -0.2) is 46.0 Å². The first kappa shape index (κ1) is 17.3. The first-order chi connectivity index (χ1) is 12.6. The molecule has 1 N–H and O–H groups in total. The summed E-state index contributed by atoms with van der Waals surface area (Å²) in [6, 6.07) is 10.6. The zero-order chi connectivity index (χ0) is 18.1. The third-order valence-electron chi connectivity index (χ3n) is 5.46. The third kappa shape index (κ3) is 3.41. The molecule has 2 unspecified atom stereocenters. The largest absolute Gasteiger partial charge is 0.354 e. The number of anilines is 1. The van der Waals surface area contributed by atoms with Gasteiger partial charge in [0, 0.05) is 37.4 Å². The van der Waals surface area contributed by atoms with E-state index in [2.05, 4.69) is 56.9 Å². The Morgan fingerprint density at radius 1 is 1.31 bits per heavy atom. The van der Waals surface area contributed by atoms with Crippen LogP contribution in [0.15, 0.2) is 42.9 Å². The highest BCUT2D eigenvalue weighted by Gasteiger charge is 2.30. The van der Waals surface area contributed by atoms with Crippen LogP contribution in [0, 0.1) is 5.92 Å². The lowest BCUT2D eigenvalue weighted by atomic mass is 9.92. The minimum absolute atomic E-state index is 0.413. The summed E-state index contributed by atoms with van der Waals surface area (Å²) in [5.74, 6) is 1.61. The van der Waals surface area contributed by atoms with E-state index in [0.29, 0.717) is 12.0 Å². The molecule has 1 aliphatic heterocycles. The van der Waals surface area contributed by atoms with Gasteiger partial charge in [-0.25, -0.2) is 9.97 Å². The number of H-pyrrole nitrogens is 1. The minimum atomic E-state index is 0.413. The number of fused-ring (bicyclic) bond motifs is 1. The molecule has 0 bridgehead atoms. The molecular formula is C20H24ClN5. The standard InChI is InChI=1S/C20H24ClN5/c1-14-7-9-26(11-15-4-3-5-16(21)10-15)12-18(14)25(2)20-17-6-8-22-19(17)23-13-24-20/h3-6,8,10,13-14,18H,7,9,11-12H2,1-2H3,(H,22,23,24). The summed E-state index contributed by atoms with van der Waals surface area (Å²) in [5.41, 5.74) is 2.16. The fourth-order valence-corrected chi connectivity index (χ4v) is 4.17. The van der Waals surface area contributed by atoms with Gasteiger partial charge in [-0.3, -0.25) is 4.90 Å². The van der Waals surface area contributed by atoms with Gasteiger partial charge in [0.05, 0.1) is 5.39 Å². The van der Waals surface area contributed by atoms with Crippen molar-refractivity contribution >= 4 is 28.5 Å². The number of piperidine rings is 1. The molecule has 1 aliphatic rings. The van der Waals surface area contributed by atoms with Crippen molar-refractivity contribution in [1.29, 1.82) is 0 Å². The topological polar surface area (TPSA) is 48.1 Å². The number of aromatic amines is 1. The molecule has 136 valence electrons. The first-order valence-corrected chi connectivity index (χ1v) is 9.47.